The minimum absolute atomic E-state index is 0.161. The summed E-state index contributed by atoms with van der Waals surface area (Å²) in [4.78, 5) is 4.47. The lowest BCUT2D eigenvalue weighted by molar-refractivity contribution is 0.178. The van der Waals surface area contributed by atoms with Gasteiger partial charge in [-0.3, -0.25) is 10.4 Å². The zero-order valence-electron chi connectivity index (χ0n) is 12.0. The first kappa shape index (κ1) is 16.2. The van der Waals surface area contributed by atoms with Crippen molar-refractivity contribution >= 4 is 5.96 Å². The first-order valence-corrected chi connectivity index (χ1v) is 6.10. The molecule has 0 aliphatic carbocycles. The maximum atomic E-state index is 5.44. The van der Waals surface area contributed by atoms with Gasteiger partial charge in [0.15, 0.2) is 0 Å². The van der Waals surface area contributed by atoms with Crippen molar-refractivity contribution in [2.75, 3.05) is 20.3 Å². The second-order valence-corrected chi connectivity index (χ2v) is 5.45. The van der Waals surface area contributed by atoms with Crippen LogP contribution in [0.2, 0.25) is 0 Å². The number of hydrazine groups is 1. The molecule has 0 spiro atoms. The van der Waals surface area contributed by atoms with Gasteiger partial charge in [-0.15, -0.1) is 0 Å². The first-order valence-electron chi connectivity index (χ1n) is 6.10. The quantitative estimate of drug-likeness (QED) is 0.283. The van der Waals surface area contributed by atoms with E-state index in [-0.39, 0.29) is 11.5 Å². The molecule has 0 saturated heterocycles. The molecule has 0 fully saturated rings. The third kappa shape index (κ3) is 6.48. The number of hydrogen-bond donors (Lipinski definition) is 3. The van der Waals surface area contributed by atoms with Crippen molar-refractivity contribution in [1.29, 1.82) is 0 Å². The van der Waals surface area contributed by atoms with Crippen molar-refractivity contribution in [3.63, 3.8) is 0 Å². The fraction of sp³-hybridized carbons (Fsp3) is 0.917. The molecule has 0 aromatic rings. The minimum Gasteiger partial charge on any atom is -0.383 e. The molecule has 17 heavy (non-hydrogen) atoms. The number of aliphatic imine (C=N–C) groups is 1. The number of nitrogens with two attached hydrogens (primary N) is 1. The zero-order chi connectivity index (χ0) is 13.5. The van der Waals surface area contributed by atoms with Crippen LogP contribution >= 0.6 is 0 Å². The molecule has 102 valence electrons. The van der Waals surface area contributed by atoms with Gasteiger partial charge in [-0.05, 0) is 18.3 Å². The van der Waals surface area contributed by atoms with Crippen LogP contribution in [0.25, 0.3) is 0 Å². The van der Waals surface area contributed by atoms with E-state index in [4.69, 9.17) is 10.6 Å². The van der Waals surface area contributed by atoms with Crippen molar-refractivity contribution in [2.24, 2.45) is 22.2 Å². The molecule has 0 aromatic heterocycles. The van der Waals surface area contributed by atoms with Crippen LogP contribution < -0.4 is 16.6 Å². The highest BCUT2D eigenvalue weighted by Gasteiger charge is 2.22. The predicted molar refractivity (Wildman–Crippen MR) is 72.7 cm³/mol. The number of nitrogens with one attached hydrogen (secondary N) is 2. The van der Waals surface area contributed by atoms with Crippen LogP contribution in [0.3, 0.4) is 0 Å². The van der Waals surface area contributed by atoms with Gasteiger partial charge in [-0.1, -0.05) is 27.7 Å². The van der Waals surface area contributed by atoms with Crippen LogP contribution in [-0.2, 0) is 4.74 Å². The molecule has 0 heterocycles. The maximum absolute atomic E-state index is 5.44. The van der Waals surface area contributed by atoms with E-state index in [0.29, 0.717) is 18.5 Å². The SMILES string of the molecule is COCC(C)NC(=NCC(C)(C)C(C)C)NN. The molecule has 0 aliphatic rings. The van der Waals surface area contributed by atoms with E-state index in [0.717, 1.165) is 6.54 Å². The third-order valence-electron chi connectivity index (χ3n) is 3.14. The molecule has 5 nitrogen and oxygen atoms in total. The van der Waals surface area contributed by atoms with Crippen LogP contribution in [0.5, 0.6) is 0 Å². The molecule has 0 rings (SSSR count). The van der Waals surface area contributed by atoms with Crippen LogP contribution in [0, 0.1) is 11.3 Å². The second kappa shape index (κ2) is 7.50. The molecule has 1 unspecified atom stereocenters. The van der Waals surface area contributed by atoms with E-state index in [9.17, 15) is 0 Å². The van der Waals surface area contributed by atoms with Crippen molar-refractivity contribution < 1.29 is 4.74 Å². The van der Waals surface area contributed by atoms with Crippen molar-refractivity contribution in [1.82, 2.24) is 10.7 Å². The fourth-order valence-electron chi connectivity index (χ4n) is 1.12. The Morgan fingerprint density at radius 2 is 1.94 bits per heavy atom. The summed E-state index contributed by atoms with van der Waals surface area (Å²) in [6.45, 7) is 12.2. The fourth-order valence-corrected chi connectivity index (χ4v) is 1.12. The molecule has 0 aliphatic heterocycles. The smallest absolute Gasteiger partial charge is 0.206 e. The van der Waals surface area contributed by atoms with Gasteiger partial charge in [0.2, 0.25) is 5.96 Å². The molecule has 0 bridgehead atoms. The molecule has 0 aromatic carbocycles. The van der Waals surface area contributed by atoms with Gasteiger partial charge in [0, 0.05) is 19.7 Å². The summed E-state index contributed by atoms with van der Waals surface area (Å²) < 4.78 is 5.05. The summed E-state index contributed by atoms with van der Waals surface area (Å²) in [7, 11) is 1.67. The number of guanidine groups is 1. The Balaban J connectivity index is 4.36. The van der Waals surface area contributed by atoms with E-state index in [2.05, 4.69) is 43.4 Å². The van der Waals surface area contributed by atoms with Crippen LogP contribution in [0.15, 0.2) is 4.99 Å². The highest BCUT2D eigenvalue weighted by Crippen LogP contribution is 2.25. The summed E-state index contributed by atoms with van der Waals surface area (Å²) in [5, 5.41) is 3.17. The Morgan fingerprint density at radius 1 is 1.35 bits per heavy atom. The standard InChI is InChI=1S/C12H28N4O/c1-9(2)12(4,5)8-14-11(16-13)15-10(3)7-17-6/h9-10H,7-8,13H2,1-6H3,(H2,14,15,16). The van der Waals surface area contributed by atoms with Gasteiger partial charge in [0.1, 0.15) is 0 Å². The number of rotatable bonds is 6. The van der Waals surface area contributed by atoms with E-state index in [1.807, 2.05) is 6.92 Å². The molecule has 5 heteroatoms. The highest BCUT2D eigenvalue weighted by atomic mass is 16.5. The van der Waals surface area contributed by atoms with Gasteiger partial charge >= 0.3 is 0 Å². The van der Waals surface area contributed by atoms with E-state index >= 15 is 0 Å². The van der Waals surface area contributed by atoms with Gasteiger partial charge in [-0.25, -0.2) is 5.84 Å². The Kier molecular flexibility index (Phi) is 7.15. The molecular formula is C12H28N4O. The number of hydrogen-bond acceptors (Lipinski definition) is 3. The van der Waals surface area contributed by atoms with Gasteiger partial charge in [0.25, 0.3) is 0 Å². The Morgan fingerprint density at radius 3 is 2.35 bits per heavy atom. The van der Waals surface area contributed by atoms with Crippen LogP contribution in [-0.4, -0.2) is 32.3 Å². The lowest BCUT2D eigenvalue weighted by Crippen LogP contribution is -2.47. The maximum Gasteiger partial charge on any atom is 0.206 e. The normalized spacial score (nSPS) is 14.9. The van der Waals surface area contributed by atoms with Crippen molar-refractivity contribution in [3.8, 4) is 0 Å². The summed E-state index contributed by atoms with van der Waals surface area (Å²) in [6, 6.07) is 0.178. The Labute approximate surface area is 105 Å². The van der Waals surface area contributed by atoms with Gasteiger partial charge in [-0.2, -0.15) is 0 Å². The van der Waals surface area contributed by atoms with Gasteiger partial charge in [0.05, 0.1) is 6.61 Å². The predicted octanol–water partition coefficient (Wildman–Crippen LogP) is 1.11. The molecule has 0 amide bonds. The Hall–Kier alpha value is -0.810. The molecule has 0 saturated carbocycles. The Bertz CT molecular complexity index is 239. The first-order chi connectivity index (χ1) is 7.83. The molecule has 1 atom stereocenters. The monoisotopic (exact) mass is 244 g/mol. The summed E-state index contributed by atoms with van der Waals surface area (Å²) >= 11 is 0. The summed E-state index contributed by atoms with van der Waals surface area (Å²) in [5.41, 5.74) is 2.75. The molecular weight excluding hydrogens is 216 g/mol. The van der Waals surface area contributed by atoms with Crippen molar-refractivity contribution in [3.05, 3.63) is 0 Å². The average Bonchev–Trinajstić information content (AvgIpc) is 2.24. The van der Waals surface area contributed by atoms with E-state index in [1.54, 1.807) is 7.11 Å². The van der Waals surface area contributed by atoms with Crippen LogP contribution in [0.4, 0.5) is 0 Å². The lowest BCUT2D eigenvalue weighted by Gasteiger charge is -2.27. The van der Waals surface area contributed by atoms with E-state index < -0.39 is 0 Å². The highest BCUT2D eigenvalue weighted by molar-refractivity contribution is 5.79. The zero-order valence-corrected chi connectivity index (χ0v) is 12.0. The third-order valence-corrected chi connectivity index (χ3v) is 3.14. The lowest BCUT2D eigenvalue weighted by atomic mass is 9.81. The molecule has 4 N–H and O–H groups in total. The average molecular weight is 244 g/mol. The van der Waals surface area contributed by atoms with Crippen molar-refractivity contribution in [2.45, 2.75) is 40.7 Å². The van der Waals surface area contributed by atoms with Gasteiger partial charge < -0.3 is 10.1 Å². The number of ether oxygens (including phenoxy) is 1. The largest absolute Gasteiger partial charge is 0.383 e. The second-order valence-electron chi connectivity index (χ2n) is 5.45. The van der Waals surface area contributed by atoms with Crippen LogP contribution in [0.1, 0.15) is 34.6 Å². The number of methoxy groups -OCH3 is 1. The van der Waals surface area contributed by atoms with E-state index in [1.165, 1.54) is 0 Å². The summed E-state index contributed by atoms with van der Waals surface area (Å²) in [5.74, 6) is 6.62. The molecule has 0 radical (unpaired) electrons. The summed E-state index contributed by atoms with van der Waals surface area (Å²) in [6.07, 6.45) is 0. The minimum atomic E-state index is 0.161. The topological polar surface area (TPSA) is 71.7 Å². The number of nitrogens with zero attached hydrogens (tertiary/aromatic N) is 1.